The van der Waals surface area contributed by atoms with Crippen molar-refractivity contribution in [2.45, 2.75) is 0 Å². The molecule has 6 heteroatoms. The summed E-state index contributed by atoms with van der Waals surface area (Å²) < 4.78 is 0. The van der Waals surface area contributed by atoms with Gasteiger partial charge in [0.1, 0.15) is 0 Å². The fourth-order valence-corrected chi connectivity index (χ4v) is 3.31. The molecule has 0 heterocycles. The SMILES string of the molecule is O=C(Nc1cccc2c1C(=O)c1cccc(C(=O)O)c1C2=O)c1ccccc1. The van der Waals surface area contributed by atoms with Crippen LogP contribution in [0.5, 0.6) is 0 Å². The Labute approximate surface area is 159 Å². The summed E-state index contributed by atoms with van der Waals surface area (Å²) in [5.41, 5.74) is 0.404. The number of hydrogen-bond donors (Lipinski definition) is 2. The van der Waals surface area contributed by atoms with E-state index >= 15 is 0 Å². The summed E-state index contributed by atoms with van der Waals surface area (Å²) in [4.78, 5) is 50.0. The highest BCUT2D eigenvalue weighted by molar-refractivity contribution is 6.32. The molecule has 28 heavy (non-hydrogen) atoms. The molecule has 0 saturated heterocycles. The van der Waals surface area contributed by atoms with Crippen LogP contribution >= 0.6 is 0 Å². The predicted molar refractivity (Wildman–Crippen MR) is 101 cm³/mol. The average Bonchev–Trinajstić information content (AvgIpc) is 2.72. The summed E-state index contributed by atoms with van der Waals surface area (Å²) in [6, 6.07) is 17.1. The van der Waals surface area contributed by atoms with Gasteiger partial charge in [-0.15, -0.1) is 0 Å². The van der Waals surface area contributed by atoms with Crippen LogP contribution in [0.4, 0.5) is 5.69 Å². The number of rotatable bonds is 3. The standard InChI is InChI=1S/C22H13NO5/c24-19-14-9-5-11-16(23-21(26)12-6-2-1-3-7-12)18(14)20(25)13-8-4-10-15(17(13)19)22(27)28/h1-11H,(H,23,26)(H,27,28). The third-order valence-corrected chi connectivity index (χ3v) is 4.59. The first kappa shape index (κ1) is 17.4. The monoisotopic (exact) mass is 371 g/mol. The van der Waals surface area contributed by atoms with Crippen LogP contribution in [-0.2, 0) is 0 Å². The summed E-state index contributed by atoms with van der Waals surface area (Å²) in [6.45, 7) is 0. The first-order valence-corrected chi connectivity index (χ1v) is 8.44. The Kier molecular flexibility index (Phi) is 4.08. The molecule has 4 rings (SSSR count). The first-order chi connectivity index (χ1) is 13.5. The number of fused-ring (bicyclic) bond motifs is 2. The lowest BCUT2D eigenvalue weighted by Crippen LogP contribution is -2.26. The molecule has 1 aliphatic rings. The van der Waals surface area contributed by atoms with Crippen LogP contribution in [-0.4, -0.2) is 28.5 Å². The van der Waals surface area contributed by atoms with E-state index in [9.17, 15) is 24.3 Å². The molecular weight excluding hydrogens is 358 g/mol. The molecule has 0 bridgehead atoms. The number of amides is 1. The van der Waals surface area contributed by atoms with Gasteiger partial charge in [0, 0.05) is 22.3 Å². The van der Waals surface area contributed by atoms with Crippen molar-refractivity contribution in [1.82, 2.24) is 0 Å². The molecule has 0 saturated carbocycles. The third-order valence-electron chi connectivity index (χ3n) is 4.59. The zero-order valence-electron chi connectivity index (χ0n) is 14.4. The van der Waals surface area contributed by atoms with Crippen molar-refractivity contribution in [3.63, 3.8) is 0 Å². The van der Waals surface area contributed by atoms with Gasteiger partial charge in [-0.3, -0.25) is 14.4 Å². The highest BCUT2D eigenvalue weighted by Crippen LogP contribution is 2.33. The van der Waals surface area contributed by atoms with Gasteiger partial charge in [0.2, 0.25) is 0 Å². The smallest absolute Gasteiger partial charge is 0.336 e. The minimum absolute atomic E-state index is 0.0128. The minimum Gasteiger partial charge on any atom is -0.478 e. The number of ketones is 2. The summed E-state index contributed by atoms with van der Waals surface area (Å²) in [5, 5.41) is 12.0. The number of carbonyl (C=O) groups excluding carboxylic acids is 3. The first-order valence-electron chi connectivity index (χ1n) is 8.44. The van der Waals surface area contributed by atoms with E-state index in [1.54, 1.807) is 36.4 Å². The molecule has 136 valence electrons. The number of nitrogens with one attached hydrogen (secondary N) is 1. The van der Waals surface area contributed by atoms with E-state index in [1.165, 1.54) is 30.3 Å². The van der Waals surface area contributed by atoms with Gasteiger partial charge in [0.05, 0.1) is 16.8 Å². The molecule has 0 atom stereocenters. The van der Waals surface area contributed by atoms with Crippen LogP contribution in [0.15, 0.2) is 66.7 Å². The Hall–Kier alpha value is -4.06. The summed E-state index contributed by atoms with van der Waals surface area (Å²) in [7, 11) is 0. The largest absolute Gasteiger partial charge is 0.478 e. The Balaban J connectivity index is 1.82. The van der Waals surface area contributed by atoms with Crippen molar-refractivity contribution in [2.75, 3.05) is 5.32 Å². The second-order valence-electron chi connectivity index (χ2n) is 6.24. The summed E-state index contributed by atoms with van der Waals surface area (Å²) in [5.74, 6) is -2.76. The zero-order valence-corrected chi connectivity index (χ0v) is 14.4. The summed E-state index contributed by atoms with van der Waals surface area (Å²) >= 11 is 0. The van der Waals surface area contributed by atoms with E-state index in [4.69, 9.17) is 0 Å². The fraction of sp³-hybridized carbons (Fsp3) is 0. The van der Waals surface area contributed by atoms with Gasteiger partial charge < -0.3 is 10.4 Å². The molecule has 2 N–H and O–H groups in total. The molecule has 0 aromatic heterocycles. The topological polar surface area (TPSA) is 101 Å². The van der Waals surface area contributed by atoms with E-state index in [0.29, 0.717) is 5.56 Å². The van der Waals surface area contributed by atoms with Gasteiger partial charge in [0.15, 0.2) is 11.6 Å². The average molecular weight is 371 g/mol. The van der Waals surface area contributed by atoms with Crippen LogP contribution in [0.2, 0.25) is 0 Å². The van der Waals surface area contributed by atoms with E-state index in [1.807, 2.05) is 0 Å². The maximum absolute atomic E-state index is 13.1. The molecule has 6 nitrogen and oxygen atoms in total. The Morgan fingerprint density at radius 1 is 0.714 bits per heavy atom. The van der Waals surface area contributed by atoms with Crippen molar-refractivity contribution in [1.29, 1.82) is 0 Å². The third kappa shape index (κ3) is 2.68. The number of carboxylic acids is 1. The van der Waals surface area contributed by atoms with Crippen LogP contribution in [0.1, 0.15) is 52.6 Å². The molecular formula is C22H13NO5. The highest BCUT2D eigenvalue weighted by atomic mass is 16.4. The molecule has 0 aliphatic heterocycles. The lowest BCUT2D eigenvalue weighted by molar-refractivity contribution is 0.0692. The molecule has 0 fully saturated rings. The number of benzene rings is 3. The molecule has 0 spiro atoms. The molecule has 3 aromatic rings. The number of hydrogen-bond acceptors (Lipinski definition) is 4. The van der Waals surface area contributed by atoms with Crippen LogP contribution in [0, 0.1) is 0 Å². The van der Waals surface area contributed by atoms with Gasteiger partial charge in [0.25, 0.3) is 5.91 Å². The van der Waals surface area contributed by atoms with Gasteiger partial charge in [-0.2, -0.15) is 0 Å². The van der Waals surface area contributed by atoms with Gasteiger partial charge in [-0.05, 0) is 24.3 Å². The van der Waals surface area contributed by atoms with Gasteiger partial charge in [-0.1, -0.05) is 42.5 Å². The van der Waals surface area contributed by atoms with Crippen molar-refractivity contribution >= 4 is 29.1 Å². The molecule has 0 unspecified atom stereocenters. The molecule has 0 radical (unpaired) electrons. The lowest BCUT2D eigenvalue weighted by atomic mass is 9.81. The molecule has 1 amide bonds. The second-order valence-corrected chi connectivity index (χ2v) is 6.24. The highest BCUT2D eigenvalue weighted by Gasteiger charge is 2.35. The van der Waals surface area contributed by atoms with Gasteiger partial charge in [-0.25, -0.2) is 4.79 Å². The maximum Gasteiger partial charge on any atom is 0.336 e. The summed E-state index contributed by atoms with van der Waals surface area (Å²) in [6.07, 6.45) is 0. The van der Waals surface area contributed by atoms with Crippen LogP contribution < -0.4 is 5.32 Å². The van der Waals surface area contributed by atoms with Crippen LogP contribution in [0.25, 0.3) is 0 Å². The van der Waals surface area contributed by atoms with Crippen LogP contribution in [0.3, 0.4) is 0 Å². The Morgan fingerprint density at radius 2 is 1.32 bits per heavy atom. The van der Waals surface area contributed by atoms with Crippen molar-refractivity contribution in [2.24, 2.45) is 0 Å². The van der Waals surface area contributed by atoms with E-state index < -0.39 is 23.4 Å². The van der Waals surface area contributed by atoms with Crippen molar-refractivity contribution < 1.29 is 24.3 Å². The fourth-order valence-electron chi connectivity index (χ4n) is 3.31. The maximum atomic E-state index is 13.1. The van der Waals surface area contributed by atoms with E-state index in [-0.39, 0.29) is 33.5 Å². The van der Waals surface area contributed by atoms with Crippen molar-refractivity contribution in [3.8, 4) is 0 Å². The molecule has 1 aliphatic carbocycles. The van der Waals surface area contributed by atoms with E-state index in [2.05, 4.69) is 5.32 Å². The number of aromatic carboxylic acids is 1. The van der Waals surface area contributed by atoms with Crippen molar-refractivity contribution in [3.05, 3.63) is 100 Å². The lowest BCUT2D eigenvalue weighted by Gasteiger charge is -2.21. The zero-order chi connectivity index (χ0) is 19.8. The van der Waals surface area contributed by atoms with Gasteiger partial charge >= 0.3 is 5.97 Å². The number of carboxylic acid groups (broad SMARTS) is 1. The van der Waals surface area contributed by atoms with E-state index in [0.717, 1.165) is 0 Å². The quantitative estimate of drug-likeness (QED) is 0.575. The minimum atomic E-state index is -1.28. The predicted octanol–water partition coefficient (Wildman–Crippen LogP) is 3.41. The Morgan fingerprint density at radius 3 is 2.00 bits per heavy atom. The number of carbonyl (C=O) groups is 4. The normalized spacial score (nSPS) is 12.1. The second kappa shape index (κ2) is 6.59. The molecule has 3 aromatic carbocycles. The number of anilines is 1. The Bertz CT molecular complexity index is 1160.